The van der Waals surface area contributed by atoms with Gasteiger partial charge in [-0.05, 0) is 38.5 Å². The molecule has 0 aromatic carbocycles. The van der Waals surface area contributed by atoms with Gasteiger partial charge < -0.3 is 10.2 Å². The van der Waals surface area contributed by atoms with Crippen molar-refractivity contribution in [2.45, 2.75) is 40.0 Å². The van der Waals surface area contributed by atoms with E-state index in [9.17, 15) is 14.4 Å². The second-order valence-corrected chi connectivity index (χ2v) is 5.53. The highest BCUT2D eigenvalue weighted by molar-refractivity contribution is 5.86. The molecule has 0 bridgehead atoms. The number of hydrogen-bond donors (Lipinski definition) is 2. The molecule has 1 rings (SSSR count). The molecule has 106 valence electrons. The smallest absolute Gasteiger partial charge is 0.330 e. The second-order valence-electron chi connectivity index (χ2n) is 5.53. The molecule has 1 aliphatic rings. The lowest BCUT2D eigenvalue weighted by Crippen LogP contribution is -2.53. The monoisotopic (exact) mass is 268 g/mol. The molecule has 0 aliphatic heterocycles. The molecule has 0 aromatic rings. The molecule has 1 aliphatic carbocycles. The van der Waals surface area contributed by atoms with Crippen molar-refractivity contribution < 1.29 is 24.6 Å². The topological polar surface area (TPSA) is 91.7 Å². The maximum absolute atomic E-state index is 11.5. The average molecular weight is 268 g/mol. The fourth-order valence-electron chi connectivity index (χ4n) is 2.91. The van der Waals surface area contributed by atoms with E-state index in [4.69, 9.17) is 10.2 Å². The number of carbonyl (C=O) groups excluding carboxylic acids is 1. The number of carbonyl (C=O) groups is 3. The Morgan fingerprint density at radius 3 is 2.21 bits per heavy atom. The number of Topliss-reactive ketones (excluding diaryl/α,β-unsaturated/α-hetero) is 1. The zero-order chi connectivity index (χ0) is 14.8. The molecule has 2 N–H and O–H groups in total. The van der Waals surface area contributed by atoms with E-state index < -0.39 is 23.3 Å². The lowest BCUT2D eigenvalue weighted by Gasteiger charge is -2.51. The summed E-state index contributed by atoms with van der Waals surface area (Å²) in [5.74, 6) is -2.58. The van der Waals surface area contributed by atoms with Gasteiger partial charge in [0.05, 0.1) is 5.92 Å². The fraction of sp³-hybridized carbons (Fsp3) is 0.643. The third-order valence-corrected chi connectivity index (χ3v) is 4.32. The molecule has 19 heavy (non-hydrogen) atoms. The predicted molar refractivity (Wildman–Crippen MR) is 68.6 cm³/mol. The lowest BCUT2D eigenvalue weighted by atomic mass is 9.51. The lowest BCUT2D eigenvalue weighted by molar-refractivity contribution is -0.165. The molecule has 3 unspecified atom stereocenters. The molecule has 5 nitrogen and oxygen atoms in total. The van der Waals surface area contributed by atoms with Crippen LogP contribution in [0.25, 0.3) is 0 Å². The SMILES string of the molecule is CC(=O)C1CC(C(=O)O)C1(C)CCC=C(C)C(=O)O. The van der Waals surface area contributed by atoms with Gasteiger partial charge in [0, 0.05) is 11.5 Å². The molecule has 0 spiro atoms. The van der Waals surface area contributed by atoms with Crippen LogP contribution >= 0.6 is 0 Å². The summed E-state index contributed by atoms with van der Waals surface area (Å²) in [7, 11) is 0. The van der Waals surface area contributed by atoms with Crippen LogP contribution in [0.2, 0.25) is 0 Å². The van der Waals surface area contributed by atoms with Gasteiger partial charge in [0.2, 0.25) is 0 Å². The molecule has 1 saturated carbocycles. The minimum absolute atomic E-state index is 0.0129. The van der Waals surface area contributed by atoms with Crippen LogP contribution in [0.15, 0.2) is 11.6 Å². The van der Waals surface area contributed by atoms with Gasteiger partial charge in [-0.25, -0.2) is 4.79 Å². The number of aliphatic carboxylic acids is 2. The Morgan fingerprint density at radius 1 is 1.21 bits per heavy atom. The minimum Gasteiger partial charge on any atom is -0.481 e. The van der Waals surface area contributed by atoms with Gasteiger partial charge in [-0.15, -0.1) is 0 Å². The zero-order valence-electron chi connectivity index (χ0n) is 11.5. The summed E-state index contributed by atoms with van der Waals surface area (Å²) in [6.07, 6.45) is 2.96. The van der Waals surface area contributed by atoms with Gasteiger partial charge in [0.25, 0.3) is 0 Å². The number of carboxylic acids is 2. The van der Waals surface area contributed by atoms with Crippen LogP contribution < -0.4 is 0 Å². The highest BCUT2D eigenvalue weighted by atomic mass is 16.4. The first-order valence-corrected chi connectivity index (χ1v) is 6.33. The highest BCUT2D eigenvalue weighted by Crippen LogP contribution is 2.55. The van der Waals surface area contributed by atoms with E-state index in [0.29, 0.717) is 19.3 Å². The van der Waals surface area contributed by atoms with Crippen LogP contribution in [0.1, 0.15) is 40.0 Å². The zero-order valence-corrected chi connectivity index (χ0v) is 11.5. The molecule has 0 heterocycles. The summed E-state index contributed by atoms with van der Waals surface area (Å²) >= 11 is 0. The molecule has 0 amide bonds. The van der Waals surface area contributed by atoms with E-state index in [0.717, 1.165) is 0 Å². The number of carboxylic acid groups (broad SMARTS) is 2. The van der Waals surface area contributed by atoms with Crippen molar-refractivity contribution in [1.29, 1.82) is 0 Å². The molecular formula is C14H20O5. The highest BCUT2D eigenvalue weighted by Gasteiger charge is 2.56. The molecule has 0 saturated heterocycles. The van der Waals surface area contributed by atoms with Crippen molar-refractivity contribution >= 4 is 17.7 Å². The Bertz CT molecular complexity index is 415. The largest absolute Gasteiger partial charge is 0.481 e. The summed E-state index contributed by atoms with van der Waals surface area (Å²) in [5, 5.41) is 17.9. The molecule has 5 heteroatoms. The van der Waals surface area contributed by atoms with Crippen LogP contribution in [0.5, 0.6) is 0 Å². The maximum atomic E-state index is 11.5. The summed E-state index contributed by atoms with van der Waals surface area (Å²) in [4.78, 5) is 33.3. The third-order valence-electron chi connectivity index (χ3n) is 4.32. The number of allylic oxidation sites excluding steroid dienone is 1. The number of rotatable bonds is 6. The number of hydrogen-bond acceptors (Lipinski definition) is 3. The first kappa shape index (κ1) is 15.4. The first-order valence-electron chi connectivity index (χ1n) is 6.33. The van der Waals surface area contributed by atoms with Crippen molar-refractivity contribution in [3.63, 3.8) is 0 Å². The van der Waals surface area contributed by atoms with E-state index in [-0.39, 0.29) is 17.3 Å². The van der Waals surface area contributed by atoms with Crippen LogP contribution in [0, 0.1) is 17.3 Å². The van der Waals surface area contributed by atoms with Crippen molar-refractivity contribution in [3.05, 3.63) is 11.6 Å². The van der Waals surface area contributed by atoms with Crippen molar-refractivity contribution in [2.24, 2.45) is 17.3 Å². The molecule has 0 radical (unpaired) electrons. The Balaban J connectivity index is 2.75. The van der Waals surface area contributed by atoms with Gasteiger partial charge in [-0.3, -0.25) is 9.59 Å². The van der Waals surface area contributed by atoms with Gasteiger partial charge in [-0.1, -0.05) is 13.0 Å². The number of ketones is 1. The maximum Gasteiger partial charge on any atom is 0.330 e. The van der Waals surface area contributed by atoms with Gasteiger partial charge in [0.1, 0.15) is 5.78 Å². The summed E-state index contributed by atoms with van der Waals surface area (Å²) in [6, 6.07) is 0. The Kier molecular flexibility index (Phi) is 4.50. The van der Waals surface area contributed by atoms with Crippen molar-refractivity contribution in [2.75, 3.05) is 0 Å². The van der Waals surface area contributed by atoms with Crippen LogP contribution in [0.4, 0.5) is 0 Å². The summed E-state index contributed by atoms with van der Waals surface area (Å²) < 4.78 is 0. The second kappa shape index (κ2) is 5.55. The third kappa shape index (κ3) is 3.03. The van der Waals surface area contributed by atoms with E-state index in [1.54, 1.807) is 6.08 Å². The Hall–Kier alpha value is -1.65. The Morgan fingerprint density at radius 2 is 1.79 bits per heavy atom. The first-order chi connectivity index (χ1) is 8.70. The minimum atomic E-state index is -0.975. The summed E-state index contributed by atoms with van der Waals surface area (Å²) in [5.41, 5.74) is -0.318. The van der Waals surface area contributed by atoms with Crippen LogP contribution in [0.3, 0.4) is 0 Å². The van der Waals surface area contributed by atoms with E-state index in [1.165, 1.54) is 13.8 Å². The van der Waals surface area contributed by atoms with Gasteiger partial charge >= 0.3 is 11.9 Å². The summed E-state index contributed by atoms with van der Waals surface area (Å²) in [6.45, 7) is 4.80. The van der Waals surface area contributed by atoms with E-state index in [2.05, 4.69) is 0 Å². The van der Waals surface area contributed by atoms with Crippen molar-refractivity contribution in [3.8, 4) is 0 Å². The Labute approximate surface area is 112 Å². The molecule has 1 fully saturated rings. The van der Waals surface area contributed by atoms with E-state index >= 15 is 0 Å². The van der Waals surface area contributed by atoms with Gasteiger partial charge in [-0.2, -0.15) is 0 Å². The van der Waals surface area contributed by atoms with Crippen LogP contribution in [-0.2, 0) is 14.4 Å². The average Bonchev–Trinajstić information content (AvgIpc) is 2.25. The molecular weight excluding hydrogens is 248 g/mol. The molecule has 0 aromatic heterocycles. The van der Waals surface area contributed by atoms with E-state index in [1.807, 2.05) is 6.92 Å². The fourth-order valence-corrected chi connectivity index (χ4v) is 2.91. The van der Waals surface area contributed by atoms with Crippen LogP contribution in [-0.4, -0.2) is 27.9 Å². The van der Waals surface area contributed by atoms with Crippen molar-refractivity contribution in [1.82, 2.24) is 0 Å². The standard InChI is InChI=1S/C14H20O5/c1-8(12(16)17)5-4-6-14(3)10(9(2)15)7-11(14)13(18)19/h5,10-11H,4,6-7H2,1-3H3,(H,16,17)(H,18,19). The normalized spacial score (nSPS) is 30.6. The molecule has 3 atom stereocenters. The van der Waals surface area contributed by atoms with Gasteiger partial charge in [0.15, 0.2) is 0 Å². The quantitative estimate of drug-likeness (QED) is 0.720. The predicted octanol–water partition coefficient (Wildman–Crippen LogP) is 2.11.